The molecule has 0 fully saturated rings. The molecule has 0 saturated carbocycles. The normalized spacial score (nSPS) is 11.9. The van der Waals surface area contributed by atoms with Crippen LogP contribution in [0.25, 0.3) is 105 Å². The topological polar surface area (TPSA) is 51.8 Å². The molecule has 0 aliphatic carbocycles. The van der Waals surface area contributed by atoms with Gasteiger partial charge in [-0.15, -0.1) is 0 Å². The summed E-state index contributed by atoms with van der Waals surface area (Å²) in [7, 11) is 0. The highest BCUT2D eigenvalue weighted by Gasteiger charge is 2.16. The molecule has 11 aromatic rings. The van der Waals surface area contributed by atoms with E-state index in [1.165, 1.54) is 70.9 Å². The molecular weight excluding hydrogens is 703 g/mol. The molecule has 0 atom stereocenters. The summed E-state index contributed by atoms with van der Waals surface area (Å²) in [6.07, 6.45) is 8.77. The molecule has 9 aromatic carbocycles. The van der Waals surface area contributed by atoms with Crippen molar-refractivity contribution in [2.24, 2.45) is 0 Å². The van der Waals surface area contributed by atoms with Gasteiger partial charge in [0.05, 0.1) is 16.9 Å². The zero-order valence-corrected chi connectivity index (χ0v) is 31.7. The highest BCUT2D eigenvalue weighted by molar-refractivity contribution is 6.28. The van der Waals surface area contributed by atoms with Crippen molar-refractivity contribution >= 4 is 65.8 Å². The van der Waals surface area contributed by atoms with Gasteiger partial charge in [0.1, 0.15) is 0 Å². The first-order valence-electron chi connectivity index (χ1n) is 19.8. The first-order chi connectivity index (χ1) is 28.7. The lowest BCUT2D eigenvalue weighted by Crippen LogP contribution is -1.95. The maximum absolute atomic E-state index is 6.81. The van der Waals surface area contributed by atoms with Gasteiger partial charge in [0.2, 0.25) is 0 Å². The largest absolute Gasteiger partial charge is 0.396 e. The van der Waals surface area contributed by atoms with Gasteiger partial charge in [0.25, 0.3) is 0 Å². The van der Waals surface area contributed by atoms with Crippen LogP contribution in [0.3, 0.4) is 0 Å². The molecule has 3 nitrogen and oxygen atoms in total. The molecule has 2 heterocycles. The lowest BCUT2D eigenvalue weighted by molar-refractivity contribution is 1.27. The predicted octanol–water partition coefficient (Wildman–Crippen LogP) is 14.2. The Morgan fingerprint density at radius 2 is 1.14 bits per heavy atom. The number of nitrogen functional groups attached to an aromatic ring is 1. The van der Waals surface area contributed by atoms with E-state index >= 15 is 0 Å². The molecule has 2 N–H and O–H groups in total. The van der Waals surface area contributed by atoms with Crippen molar-refractivity contribution in [3.05, 3.63) is 206 Å². The first kappa shape index (κ1) is 33.7. The van der Waals surface area contributed by atoms with Crippen LogP contribution in [-0.2, 0) is 6.42 Å². The Labute approximate surface area is 336 Å². The van der Waals surface area contributed by atoms with E-state index in [0.29, 0.717) is 5.69 Å². The minimum atomic E-state index is 0.689. The SMILES string of the molecule is Nc1c(/C=C\Cc2cccc(-c3cccnc3)c2)ccc2ccc(-c3ccc(-c4ccc5ccc6c(-c7cccc8ccccc78)ccc7ccc4c5c76)cc3)nc12. The number of hydrogen-bond donors (Lipinski definition) is 1. The summed E-state index contributed by atoms with van der Waals surface area (Å²) in [5.41, 5.74) is 19.7. The maximum Gasteiger partial charge on any atom is 0.0944 e. The van der Waals surface area contributed by atoms with Crippen LogP contribution in [0.2, 0.25) is 0 Å². The Morgan fingerprint density at radius 3 is 1.97 bits per heavy atom. The summed E-state index contributed by atoms with van der Waals surface area (Å²) in [6.45, 7) is 0. The molecule has 0 bridgehead atoms. The molecule has 3 heteroatoms. The van der Waals surface area contributed by atoms with Gasteiger partial charge in [-0.1, -0.05) is 176 Å². The minimum absolute atomic E-state index is 0.689. The van der Waals surface area contributed by atoms with Gasteiger partial charge in [0, 0.05) is 23.3 Å². The van der Waals surface area contributed by atoms with Crippen molar-refractivity contribution in [2.45, 2.75) is 6.42 Å². The van der Waals surface area contributed by atoms with Crippen LogP contribution in [0.1, 0.15) is 11.1 Å². The fraction of sp³-hybridized carbons (Fsp3) is 0.0182. The Bertz CT molecular complexity index is 3360. The van der Waals surface area contributed by atoms with Crippen molar-refractivity contribution in [3.8, 4) is 44.6 Å². The maximum atomic E-state index is 6.81. The van der Waals surface area contributed by atoms with Crippen molar-refractivity contribution in [1.82, 2.24) is 9.97 Å². The van der Waals surface area contributed by atoms with Gasteiger partial charge in [-0.05, 0) is 106 Å². The molecule has 0 unspecified atom stereocenters. The molecule has 0 spiro atoms. The zero-order chi connectivity index (χ0) is 38.6. The number of hydrogen-bond acceptors (Lipinski definition) is 3. The third-order valence-corrected chi connectivity index (χ3v) is 11.7. The van der Waals surface area contributed by atoms with Crippen LogP contribution in [0.5, 0.6) is 0 Å². The average molecular weight is 740 g/mol. The highest BCUT2D eigenvalue weighted by Crippen LogP contribution is 2.43. The Kier molecular flexibility index (Phi) is 8.04. The van der Waals surface area contributed by atoms with E-state index in [0.717, 1.165) is 45.3 Å². The van der Waals surface area contributed by atoms with Crippen molar-refractivity contribution in [3.63, 3.8) is 0 Å². The smallest absolute Gasteiger partial charge is 0.0944 e. The van der Waals surface area contributed by atoms with Gasteiger partial charge in [-0.3, -0.25) is 4.98 Å². The number of nitrogens with zero attached hydrogens (tertiary/aromatic N) is 2. The van der Waals surface area contributed by atoms with Crippen LogP contribution in [0.4, 0.5) is 5.69 Å². The Morgan fingerprint density at radius 1 is 0.466 bits per heavy atom. The summed E-state index contributed by atoms with van der Waals surface area (Å²) < 4.78 is 0. The molecule has 272 valence electrons. The molecule has 0 amide bonds. The highest BCUT2D eigenvalue weighted by atomic mass is 14.7. The van der Waals surface area contributed by atoms with Crippen molar-refractivity contribution in [2.75, 3.05) is 5.73 Å². The number of fused-ring (bicyclic) bond motifs is 2. The Balaban J connectivity index is 0.909. The zero-order valence-electron chi connectivity index (χ0n) is 31.7. The van der Waals surface area contributed by atoms with Gasteiger partial charge in [-0.25, -0.2) is 4.98 Å². The van der Waals surface area contributed by atoms with E-state index < -0.39 is 0 Å². The molecular formula is C55H37N3. The summed E-state index contributed by atoms with van der Waals surface area (Å²) in [5, 5.41) is 11.3. The fourth-order valence-corrected chi connectivity index (χ4v) is 8.83. The van der Waals surface area contributed by atoms with Gasteiger partial charge >= 0.3 is 0 Å². The minimum Gasteiger partial charge on any atom is -0.396 e. The summed E-state index contributed by atoms with van der Waals surface area (Å²) in [4.78, 5) is 9.39. The van der Waals surface area contributed by atoms with E-state index in [9.17, 15) is 0 Å². The summed E-state index contributed by atoms with van der Waals surface area (Å²) >= 11 is 0. The number of pyridine rings is 2. The number of nitrogens with two attached hydrogens (primary N) is 1. The second kappa shape index (κ2) is 13.8. The summed E-state index contributed by atoms with van der Waals surface area (Å²) in [6, 6.07) is 63.4. The van der Waals surface area contributed by atoms with Crippen LogP contribution >= 0.6 is 0 Å². The van der Waals surface area contributed by atoms with Crippen LogP contribution in [-0.4, -0.2) is 9.97 Å². The number of allylic oxidation sites excluding steroid dienone is 1. The number of rotatable bonds is 7. The fourth-order valence-electron chi connectivity index (χ4n) is 8.83. The number of benzene rings is 9. The van der Waals surface area contributed by atoms with Crippen molar-refractivity contribution in [1.29, 1.82) is 0 Å². The van der Waals surface area contributed by atoms with Gasteiger partial charge in [0.15, 0.2) is 0 Å². The number of anilines is 1. The quantitative estimate of drug-likeness (QED) is 0.131. The van der Waals surface area contributed by atoms with E-state index in [2.05, 4.69) is 187 Å². The lowest BCUT2D eigenvalue weighted by Gasteiger charge is -2.17. The third kappa shape index (κ3) is 5.75. The molecule has 11 rings (SSSR count). The molecule has 0 aliphatic rings. The second-order valence-corrected chi connectivity index (χ2v) is 15.1. The lowest BCUT2D eigenvalue weighted by atomic mass is 9.86. The standard InChI is InChI=1S/C55H37N3/c56-54-41(11-3-7-35-8-4-12-43(33-35)44-13-6-32-57-34-44)20-21-42-26-31-51(58-55(42)54)38-18-16-37(17-19-38)46-27-22-39-25-30-50-48(28-23-40-24-29-49(46)52(39)53(40)50)47-15-5-10-36-9-1-2-14-45(36)47/h1-6,8-34H,7,56H2/b11-3-. The predicted molar refractivity (Wildman–Crippen MR) is 246 cm³/mol. The number of aromatic nitrogens is 2. The summed E-state index contributed by atoms with van der Waals surface area (Å²) in [5.74, 6) is 0. The molecule has 0 aliphatic heterocycles. The Hall–Kier alpha value is -7.62. The molecule has 58 heavy (non-hydrogen) atoms. The van der Waals surface area contributed by atoms with Gasteiger partial charge < -0.3 is 5.73 Å². The molecule has 0 radical (unpaired) electrons. The van der Waals surface area contributed by atoms with E-state index in [1.807, 2.05) is 12.3 Å². The van der Waals surface area contributed by atoms with Crippen LogP contribution < -0.4 is 5.73 Å². The molecule has 2 aromatic heterocycles. The first-order valence-corrected chi connectivity index (χ1v) is 19.8. The van der Waals surface area contributed by atoms with E-state index in [-0.39, 0.29) is 0 Å². The van der Waals surface area contributed by atoms with Crippen LogP contribution in [0.15, 0.2) is 194 Å². The van der Waals surface area contributed by atoms with Crippen LogP contribution in [0, 0.1) is 0 Å². The molecule has 0 saturated heterocycles. The monoisotopic (exact) mass is 739 g/mol. The van der Waals surface area contributed by atoms with Crippen molar-refractivity contribution < 1.29 is 0 Å². The van der Waals surface area contributed by atoms with Gasteiger partial charge in [-0.2, -0.15) is 0 Å². The average Bonchev–Trinajstić information content (AvgIpc) is 3.29. The van der Waals surface area contributed by atoms with E-state index in [4.69, 9.17) is 10.7 Å². The van der Waals surface area contributed by atoms with E-state index in [1.54, 1.807) is 6.20 Å². The second-order valence-electron chi connectivity index (χ2n) is 15.1. The third-order valence-electron chi connectivity index (χ3n) is 11.7.